The van der Waals surface area contributed by atoms with Crippen molar-refractivity contribution in [3.8, 4) is 11.4 Å². The molecule has 124 valence electrons. The molecule has 2 aromatic rings. The number of aromatic nitrogens is 2. The molecular formula is C15H18FN3O3S. The zero-order chi connectivity index (χ0) is 16.4. The normalized spacial score (nSPS) is 19.8. The lowest BCUT2D eigenvalue weighted by molar-refractivity contribution is 0.266. The first kappa shape index (κ1) is 16.1. The van der Waals surface area contributed by atoms with Gasteiger partial charge in [0.1, 0.15) is 5.82 Å². The summed E-state index contributed by atoms with van der Waals surface area (Å²) in [5.41, 5.74) is 0.536. The Bertz CT molecular complexity index is 791. The molecule has 8 heteroatoms. The maximum absolute atomic E-state index is 13.3. The molecule has 0 N–H and O–H groups in total. The summed E-state index contributed by atoms with van der Waals surface area (Å²) in [4.78, 5) is 4.32. The highest BCUT2D eigenvalue weighted by Crippen LogP contribution is 2.29. The van der Waals surface area contributed by atoms with Crippen LogP contribution in [0.25, 0.3) is 11.4 Å². The van der Waals surface area contributed by atoms with Crippen molar-refractivity contribution in [3.05, 3.63) is 36.0 Å². The predicted molar refractivity (Wildman–Crippen MR) is 82.7 cm³/mol. The van der Waals surface area contributed by atoms with Crippen LogP contribution in [0.4, 0.5) is 4.39 Å². The number of hydrogen-bond acceptors (Lipinski definition) is 5. The number of sulfonamides is 1. The topological polar surface area (TPSA) is 76.3 Å². The summed E-state index contributed by atoms with van der Waals surface area (Å²) < 4.78 is 44.1. The first-order valence-corrected chi connectivity index (χ1v) is 9.18. The second-order valence-corrected chi connectivity index (χ2v) is 7.82. The molecule has 0 radical (unpaired) electrons. The van der Waals surface area contributed by atoms with Gasteiger partial charge in [-0.25, -0.2) is 17.1 Å². The van der Waals surface area contributed by atoms with Crippen molar-refractivity contribution in [2.24, 2.45) is 0 Å². The lowest BCUT2D eigenvalue weighted by Gasteiger charge is -2.29. The SMILES string of the molecule is CCS(=O)(=O)N1CCC[C@@H](c2nc(-c3cccc(F)c3)no2)C1. The standard InChI is InChI=1S/C15H18FN3O3S/c1-2-23(20,21)19-8-4-6-12(10-19)15-17-14(18-22-15)11-5-3-7-13(16)9-11/h3,5,7,9,12H,2,4,6,8,10H2,1H3/t12-/m1/s1. The van der Waals surface area contributed by atoms with E-state index < -0.39 is 10.0 Å². The van der Waals surface area contributed by atoms with Crippen molar-refractivity contribution in [3.63, 3.8) is 0 Å². The monoisotopic (exact) mass is 339 g/mol. The number of piperidine rings is 1. The Morgan fingerprint density at radius 3 is 3.00 bits per heavy atom. The number of nitrogens with zero attached hydrogens (tertiary/aromatic N) is 3. The molecule has 0 saturated carbocycles. The van der Waals surface area contributed by atoms with Crippen molar-refractivity contribution >= 4 is 10.0 Å². The second-order valence-electron chi connectivity index (χ2n) is 5.56. The Morgan fingerprint density at radius 2 is 2.26 bits per heavy atom. The van der Waals surface area contributed by atoms with Gasteiger partial charge in [0, 0.05) is 18.7 Å². The van der Waals surface area contributed by atoms with Crippen LogP contribution in [0.1, 0.15) is 31.6 Å². The Hall–Kier alpha value is -1.80. The van der Waals surface area contributed by atoms with Gasteiger partial charge >= 0.3 is 0 Å². The molecule has 1 fully saturated rings. The van der Waals surface area contributed by atoms with Crippen LogP contribution in [0.3, 0.4) is 0 Å². The number of halogens is 1. The van der Waals surface area contributed by atoms with Crippen molar-refractivity contribution in [1.29, 1.82) is 0 Å². The predicted octanol–water partition coefficient (Wildman–Crippen LogP) is 2.40. The molecule has 0 bridgehead atoms. The molecule has 23 heavy (non-hydrogen) atoms. The minimum Gasteiger partial charge on any atom is -0.339 e. The van der Waals surface area contributed by atoms with Crippen LogP contribution in [0.2, 0.25) is 0 Å². The van der Waals surface area contributed by atoms with Crippen molar-refractivity contribution < 1.29 is 17.3 Å². The molecule has 6 nitrogen and oxygen atoms in total. The summed E-state index contributed by atoms with van der Waals surface area (Å²) in [6.07, 6.45) is 1.54. The molecule has 1 aromatic heterocycles. The molecular weight excluding hydrogens is 321 g/mol. The first-order valence-electron chi connectivity index (χ1n) is 7.57. The lowest BCUT2D eigenvalue weighted by Crippen LogP contribution is -2.39. The van der Waals surface area contributed by atoms with Crippen LogP contribution in [0.5, 0.6) is 0 Å². The van der Waals surface area contributed by atoms with E-state index in [9.17, 15) is 12.8 Å². The van der Waals surface area contributed by atoms with Gasteiger partial charge in [-0.15, -0.1) is 0 Å². The summed E-state index contributed by atoms with van der Waals surface area (Å²) >= 11 is 0. The molecule has 0 unspecified atom stereocenters. The summed E-state index contributed by atoms with van der Waals surface area (Å²) in [5.74, 6) is 0.305. The Balaban J connectivity index is 1.80. The number of rotatable bonds is 4. The average molecular weight is 339 g/mol. The van der Waals surface area contributed by atoms with Crippen molar-refractivity contribution in [1.82, 2.24) is 14.4 Å². The second kappa shape index (κ2) is 6.37. The molecule has 1 aliphatic heterocycles. The minimum absolute atomic E-state index is 0.0814. The van der Waals surface area contributed by atoms with Crippen LogP contribution in [-0.2, 0) is 10.0 Å². The van der Waals surface area contributed by atoms with Gasteiger partial charge in [0.15, 0.2) is 0 Å². The van der Waals surface area contributed by atoms with E-state index in [4.69, 9.17) is 4.52 Å². The van der Waals surface area contributed by atoms with Gasteiger partial charge in [-0.3, -0.25) is 0 Å². The smallest absolute Gasteiger partial charge is 0.231 e. The highest BCUT2D eigenvalue weighted by Gasteiger charge is 2.31. The maximum atomic E-state index is 13.3. The Labute approximate surface area is 134 Å². The summed E-state index contributed by atoms with van der Waals surface area (Å²) in [6.45, 7) is 2.51. The van der Waals surface area contributed by atoms with Crippen LogP contribution in [0.15, 0.2) is 28.8 Å². The van der Waals surface area contributed by atoms with Crippen molar-refractivity contribution in [2.45, 2.75) is 25.7 Å². The Morgan fingerprint density at radius 1 is 1.43 bits per heavy atom. The quantitative estimate of drug-likeness (QED) is 0.855. The van der Waals surface area contributed by atoms with E-state index >= 15 is 0 Å². The summed E-state index contributed by atoms with van der Waals surface area (Å²) in [5, 5.41) is 3.89. The van der Waals surface area contributed by atoms with Gasteiger partial charge < -0.3 is 4.52 Å². The van der Waals surface area contributed by atoms with Crippen LogP contribution >= 0.6 is 0 Å². The zero-order valence-electron chi connectivity index (χ0n) is 12.8. The average Bonchev–Trinajstić information content (AvgIpc) is 3.05. The first-order chi connectivity index (χ1) is 11.0. The largest absolute Gasteiger partial charge is 0.339 e. The van der Waals surface area contributed by atoms with Crippen LogP contribution in [0, 0.1) is 5.82 Å². The van der Waals surface area contributed by atoms with E-state index in [1.54, 1.807) is 19.1 Å². The van der Waals surface area contributed by atoms with E-state index in [1.807, 2.05) is 0 Å². The maximum Gasteiger partial charge on any atom is 0.231 e. The number of benzene rings is 1. The molecule has 1 atom stereocenters. The van der Waals surface area contributed by atoms with Gasteiger partial charge in [0.25, 0.3) is 0 Å². The lowest BCUT2D eigenvalue weighted by atomic mass is 10.00. The fourth-order valence-corrected chi connectivity index (χ4v) is 3.90. The van der Waals surface area contributed by atoms with Crippen LogP contribution in [-0.4, -0.2) is 41.7 Å². The van der Waals surface area contributed by atoms with E-state index in [-0.39, 0.29) is 17.5 Å². The highest BCUT2D eigenvalue weighted by molar-refractivity contribution is 7.89. The number of hydrogen-bond donors (Lipinski definition) is 0. The summed E-state index contributed by atoms with van der Waals surface area (Å²) in [6, 6.07) is 5.96. The van der Waals surface area contributed by atoms with Gasteiger partial charge in [-0.2, -0.15) is 4.98 Å². The van der Waals surface area contributed by atoms with Gasteiger partial charge in [0.05, 0.1) is 11.7 Å². The third kappa shape index (κ3) is 3.42. The van der Waals surface area contributed by atoms with E-state index in [0.29, 0.717) is 30.4 Å². The minimum atomic E-state index is -3.22. The fourth-order valence-electron chi connectivity index (χ4n) is 2.73. The molecule has 0 spiro atoms. The van der Waals surface area contributed by atoms with E-state index in [1.165, 1.54) is 16.4 Å². The molecule has 0 aliphatic carbocycles. The van der Waals surface area contributed by atoms with Gasteiger partial charge in [-0.1, -0.05) is 17.3 Å². The zero-order valence-corrected chi connectivity index (χ0v) is 13.6. The third-order valence-electron chi connectivity index (χ3n) is 4.02. The third-order valence-corrected chi connectivity index (χ3v) is 5.86. The fraction of sp³-hybridized carbons (Fsp3) is 0.467. The van der Waals surface area contributed by atoms with Crippen molar-refractivity contribution in [2.75, 3.05) is 18.8 Å². The summed E-state index contributed by atoms with van der Waals surface area (Å²) in [7, 11) is -3.22. The molecule has 2 heterocycles. The van der Waals surface area contributed by atoms with E-state index in [2.05, 4.69) is 10.1 Å². The van der Waals surface area contributed by atoms with Gasteiger partial charge in [-0.05, 0) is 31.9 Å². The Kier molecular flexibility index (Phi) is 4.45. The molecule has 1 aliphatic rings. The highest BCUT2D eigenvalue weighted by atomic mass is 32.2. The molecule has 3 rings (SSSR count). The molecule has 0 amide bonds. The molecule has 1 saturated heterocycles. The van der Waals surface area contributed by atoms with Crippen LogP contribution < -0.4 is 0 Å². The van der Waals surface area contributed by atoms with E-state index in [0.717, 1.165) is 12.8 Å². The molecule has 1 aromatic carbocycles. The van der Waals surface area contributed by atoms with Gasteiger partial charge in [0.2, 0.25) is 21.7 Å².